The summed E-state index contributed by atoms with van der Waals surface area (Å²) in [5.74, 6) is 1.42. The summed E-state index contributed by atoms with van der Waals surface area (Å²) in [5.41, 5.74) is 2.78. The van der Waals surface area contributed by atoms with Crippen LogP contribution in [-0.2, 0) is 17.1 Å². The number of benzene rings is 1. The van der Waals surface area contributed by atoms with Crippen LogP contribution in [0.25, 0.3) is 11.5 Å². The van der Waals surface area contributed by atoms with Crippen molar-refractivity contribution >= 4 is 23.4 Å². The van der Waals surface area contributed by atoms with Gasteiger partial charge in [0.15, 0.2) is 5.82 Å². The summed E-state index contributed by atoms with van der Waals surface area (Å²) in [7, 11) is 1.66. The van der Waals surface area contributed by atoms with E-state index < -0.39 is 0 Å². The number of thioether (sulfide) groups is 1. The van der Waals surface area contributed by atoms with Gasteiger partial charge in [0.25, 0.3) is 0 Å². The standard InChI is InChI=1S/C18H16ClN3OS/c1-23-11-15-10-17(24-12-13-5-7-14(19)8-6-13)22-18(21-15)16-4-2-3-9-20-16/h2-10H,11-12H2,1H3. The van der Waals surface area contributed by atoms with Crippen molar-refractivity contribution in [3.8, 4) is 11.5 Å². The first-order chi connectivity index (χ1) is 11.7. The summed E-state index contributed by atoms with van der Waals surface area (Å²) in [6, 6.07) is 15.5. The Labute approximate surface area is 150 Å². The van der Waals surface area contributed by atoms with Crippen molar-refractivity contribution in [1.82, 2.24) is 15.0 Å². The highest BCUT2D eigenvalue weighted by Gasteiger charge is 2.09. The Morgan fingerprint density at radius 2 is 1.92 bits per heavy atom. The molecule has 0 bridgehead atoms. The van der Waals surface area contributed by atoms with Crippen LogP contribution in [0.2, 0.25) is 5.02 Å². The minimum atomic E-state index is 0.441. The predicted molar refractivity (Wildman–Crippen MR) is 97.0 cm³/mol. The van der Waals surface area contributed by atoms with Gasteiger partial charge in [0.1, 0.15) is 10.7 Å². The molecule has 2 aromatic heterocycles. The van der Waals surface area contributed by atoms with Crippen LogP contribution < -0.4 is 0 Å². The lowest BCUT2D eigenvalue weighted by Crippen LogP contribution is -2.00. The molecule has 0 amide bonds. The van der Waals surface area contributed by atoms with Crippen molar-refractivity contribution < 1.29 is 4.74 Å². The van der Waals surface area contributed by atoms with Gasteiger partial charge in [-0.2, -0.15) is 0 Å². The van der Waals surface area contributed by atoms with Gasteiger partial charge in [-0.15, -0.1) is 11.8 Å². The molecule has 24 heavy (non-hydrogen) atoms. The molecule has 3 aromatic rings. The summed E-state index contributed by atoms with van der Waals surface area (Å²) in [6.07, 6.45) is 1.74. The fraction of sp³-hybridized carbons (Fsp3) is 0.167. The highest BCUT2D eigenvalue weighted by molar-refractivity contribution is 7.98. The van der Waals surface area contributed by atoms with E-state index in [9.17, 15) is 0 Å². The molecule has 0 atom stereocenters. The number of aromatic nitrogens is 3. The van der Waals surface area contributed by atoms with Gasteiger partial charge in [0, 0.05) is 24.1 Å². The van der Waals surface area contributed by atoms with E-state index in [1.165, 1.54) is 5.56 Å². The van der Waals surface area contributed by atoms with Crippen LogP contribution in [0, 0.1) is 0 Å². The van der Waals surface area contributed by atoms with Crippen molar-refractivity contribution in [2.45, 2.75) is 17.4 Å². The zero-order valence-corrected chi connectivity index (χ0v) is 14.7. The normalized spacial score (nSPS) is 10.8. The molecule has 3 rings (SSSR count). The van der Waals surface area contributed by atoms with E-state index in [2.05, 4.69) is 15.0 Å². The fourth-order valence-electron chi connectivity index (χ4n) is 2.12. The van der Waals surface area contributed by atoms with Crippen molar-refractivity contribution in [3.63, 3.8) is 0 Å². The first-order valence-corrected chi connectivity index (χ1v) is 8.76. The molecule has 0 aliphatic rings. The van der Waals surface area contributed by atoms with Gasteiger partial charge in [-0.1, -0.05) is 29.8 Å². The lowest BCUT2D eigenvalue weighted by molar-refractivity contribution is 0.181. The number of pyridine rings is 1. The van der Waals surface area contributed by atoms with Gasteiger partial charge in [0.2, 0.25) is 0 Å². The Bertz CT molecular complexity index is 797. The molecule has 0 saturated heterocycles. The number of rotatable bonds is 6. The molecule has 1 aromatic carbocycles. The second-order valence-electron chi connectivity index (χ2n) is 5.08. The number of methoxy groups -OCH3 is 1. The largest absolute Gasteiger partial charge is 0.378 e. The molecule has 2 heterocycles. The van der Waals surface area contributed by atoms with E-state index >= 15 is 0 Å². The van der Waals surface area contributed by atoms with E-state index in [0.29, 0.717) is 12.4 Å². The summed E-state index contributed by atoms with van der Waals surface area (Å²) in [6.45, 7) is 0.441. The Morgan fingerprint density at radius 3 is 2.62 bits per heavy atom. The minimum absolute atomic E-state index is 0.441. The molecule has 0 aliphatic heterocycles. The zero-order chi connectivity index (χ0) is 16.8. The Kier molecular flexibility index (Phi) is 5.80. The fourth-order valence-corrected chi connectivity index (χ4v) is 3.12. The summed E-state index contributed by atoms with van der Waals surface area (Å²) in [4.78, 5) is 13.5. The molecule has 6 heteroatoms. The van der Waals surface area contributed by atoms with E-state index in [0.717, 1.165) is 27.2 Å². The third kappa shape index (κ3) is 4.54. The van der Waals surface area contributed by atoms with E-state index in [-0.39, 0.29) is 0 Å². The molecule has 0 aliphatic carbocycles. The molecule has 122 valence electrons. The van der Waals surface area contributed by atoms with Gasteiger partial charge >= 0.3 is 0 Å². The van der Waals surface area contributed by atoms with Crippen molar-refractivity contribution in [2.75, 3.05) is 7.11 Å². The topological polar surface area (TPSA) is 47.9 Å². The smallest absolute Gasteiger partial charge is 0.179 e. The first-order valence-electron chi connectivity index (χ1n) is 7.40. The number of hydrogen-bond acceptors (Lipinski definition) is 5. The molecule has 4 nitrogen and oxygen atoms in total. The second kappa shape index (κ2) is 8.24. The lowest BCUT2D eigenvalue weighted by Gasteiger charge is -2.07. The SMILES string of the molecule is COCc1cc(SCc2ccc(Cl)cc2)nc(-c2ccccn2)n1. The molecular weight excluding hydrogens is 342 g/mol. The van der Waals surface area contributed by atoms with E-state index in [1.54, 1.807) is 25.1 Å². The quantitative estimate of drug-likeness (QED) is 0.475. The van der Waals surface area contributed by atoms with Gasteiger partial charge < -0.3 is 4.74 Å². The van der Waals surface area contributed by atoms with Crippen LogP contribution in [0.1, 0.15) is 11.3 Å². The Morgan fingerprint density at radius 1 is 1.08 bits per heavy atom. The third-order valence-corrected chi connectivity index (χ3v) is 4.48. The minimum Gasteiger partial charge on any atom is -0.378 e. The molecule has 0 fully saturated rings. The number of halogens is 1. The van der Waals surface area contributed by atoms with Crippen molar-refractivity contribution in [2.24, 2.45) is 0 Å². The monoisotopic (exact) mass is 357 g/mol. The van der Waals surface area contributed by atoms with Crippen LogP contribution in [-0.4, -0.2) is 22.1 Å². The molecule has 0 radical (unpaired) electrons. The molecule has 0 spiro atoms. The van der Waals surface area contributed by atoms with Crippen LogP contribution in [0.5, 0.6) is 0 Å². The van der Waals surface area contributed by atoms with Crippen molar-refractivity contribution in [1.29, 1.82) is 0 Å². The summed E-state index contributed by atoms with van der Waals surface area (Å²) in [5, 5.41) is 1.64. The zero-order valence-electron chi connectivity index (χ0n) is 13.1. The lowest BCUT2D eigenvalue weighted by atomic mass is 10.2. The average Bonchev–Trinajstić information content (AvgIpc) is 2.62. The molecule has 0 N–H and O–H groups in total. The Balaban J connectivity index is 1.83. The molecule has 0 saturated carbocycles. The van der Waals surface area contributed by atoms with Crippen LogP contribution >= 0.6 is 23.4 Å². The highest BCUT2D eigenvalue weighted by Crippen LogP contribution is 2.25. The maximum Gasteiger partial charge on any atom is 0.179 e. The summed E-state index contributed by atoms with van der Waals surface area (Å²) < 4.78 is 5.22. The van der Waals surface area contributed by atoms with E-state index in [4.69, 9.17) is 16.3 Å². The van der Waals surface area contributed by atoms with Crippen molar-refractivity contribution in [3.05, 3.63) is 71.0 Å². The average molecular weight is 358 g/mol. The predicted octanol–water partition coefficient (Wildman–Crippen LogP) is 4.63. The van der Waals surface area contributed by atoms with Gasteiger partial charge in [-0.05, 0) is 35.9 Å². The maximum atomic E-state index is 5.92. The van der Waals surface area contributed by atoms with Gasteiger partial charge in [0.05, 0.1) is 12.3 Å². The third-order valence-electron chi connectivity index (χ3n) is 3.24. The highest BCUT2D eigenvalue weighted by atomic mass is 35.5. The number of nitrogens with zero attached hydrogens (tertiary/aromatic N) is 3. The van der Waals surface area contributed by atoms with Gasteiger partial charge in [-0.25, -0.2) is 9.97 Å². The summed E-state index contributed by atoms with van der Waals surface area (Å²) >= 11 is 7.58. The molecule has 0 unspecified atom stereocenters. The van der Waals surface area contributed by atoms with E-state index in [1.807, 2.05) is 48.5 Å². The maximum absolute atomic E-state index is 5.92. The number of hydrogen-bond donors (Lipinski definition) is 0. The molecular formula is C18H16ClN3OS. The second-order valence-corrected chi connectivity index (χ2v) is 6.52. The Hall–Kier alpha value is -1.95. The van der Waals surface area contributed by atoms with Crippen LogP contribution in [0.15, 0.2) is 59.8 Å². The van der Waals surface area contributed by atoms with Gasteiger partial charge in [-0.3, -0.25) is 4.98 Å². The van der Waals surface area contributed by atoms with Crippen LogP contribution in [0.3, 0.4) is 0 Å². The number of ether oxygens (including phenoxy) is 1. The van der Waals surface area contributed by atoms with Crippen LogP contribution in [0.4, 0.5) is 0 Å². The first kappa shape index (κ1) is 16.9.